The number of fused-ring (bicyclic) bond motifs is 1. The van der Waals surface area contributed by atoms with Crippen molar-refractivity contribution >= 4 is 5.91 Å². The van der Waals surface area contributed by atoms with Crippen molar-refractivity contribution in [2.24, 2.45) is 5.11 Å². The lowest BCUT2D eigenvalue weighted by Gasteiger charge is -2.19. The lowest BCUT2D eigenvalue weighted by molar-refractivity contribution is 0.0192. The maximum absolute atomic E-state index is 11.8. The van der Waals surface area contributed by atoms with E-state index in [1.165, 1.54) is 4.90 Å². The van der Waals surface area contributed by atoms with Crippen molar-refractivity contribution in [2.75, 3.05) is 13.1 Å². The minimum absolute atomic E-state index is 0.160. The number of aliphatic hydroxyl groups excluding tert-OH is 1. The van der Waals surface area contributed by atoms with Crippen molar-refractivity contribution in [2.45, 2.75) is 6.23 Å². The van der Waals surface area contributed by atoms with Gasteiger partial charge < -0.3 is 10.0 Å². The van der Waals surface area contributed by atoms with E-state index >= 15 is 0 Å². The maximum Gasteiger partial charge on any atom is 0.256 e. The van der Waals surface area contributed by atoms with Gasteiger partial charge in [-0.15, -0.1) is 0 Å². The number of benzene rings is 1. The van der Waals surface area contributed by atoms with Gasteiger partial charge in [0.1, 0.15) is 0 Å². The first-order chi connectivity index (χ1) is 7.75. The Morgan fingerprint density at radius 1 is 1.50 bits per heavy atom. The van der Waals surface area contributed by atoms with Crippen molar-refractivity contribution < 1.29 is 9.90 Å². The fourth-order valence-electron chi connectivity index (χ4n) is 1.77. The molecule has 1 N–H and O–H groups in total. The number of azide groups is 1. The molecule has 0 bridgehead atoms. The Morgan fingerprint density at radius 3 is 2.94 bits per heavy atom. The summed E-state index contributed by atoms with van der Waals surface area (Å²) in [6, 6.07) is 6.91. The minimum atomic E-state index is -0.933. The number of nitrogens with zero attached hydrogens (tertiary/aromatic N) is 4. The number of rotatable bonds is 3. The molecule has 0 saturated heterocycles. The van der Waals surface area contributed by atoms with Crippen LogP contribution in [0.25, 0.3) is 10.4 Å². The molecule has 6 heteroatoms. The number of hydrogen-bond acceptors (Lipinski definition) is 3. The molecule has 0 saturated carbocycles. The van der Waals surface area contributed by atoms with Gasteiger partial charge in [0, 0.05) is 29.1 Å². The normalized spacial score (nSPS) is 18.2. The second-order valence-electron chi connectivity index (χ2n) is 3.41. The molecule has 82 valence electrons. The number of hydrogen-bond donors (Lipinski definition) is 1. The molecule has 1 amide bonds. The second-order valence-corrected chi connectivity index (χ2v) is 3.41. The standard InChI is InChI=1S/C10H10N4O2/c11-13-12-5-6-14-9(15)7-3-1-2-4-8(7)10(14)16/h1-4,9,15H,5-6H2. The summed E-state index contributed by atoms with van der Waals surface area (Å²) in [6.45, 7) is 0.381. The van der Waals surface area contributed by atoms with Crippen molar-refractivity contribution in [3.05, 3.63) is 45.8 Å². The van der Waals surface area contributed by atoms with E-state index in [-0.39, 0.29) is 19.0 Å². The van der Waals surface area contributed by atoms with Crippen LogP contribution >= 0.6 is 0 Å². The smallest absolute Gasteiger partial charge is 0.256 e. The van der Waals surface area contributed by atoms with Crippen molar-refractivity contribution in [3.8, 4) is 0 Å². The summed E-state index contributed by atoms with van der Waals surface area (Å²) in [4.78, 5) is 15.7. The van der Waals surface area contributed by atoms with E-state index in [9.17, 15) is 9.90 Å². The first kappa shape index (κ1) is 10.5. The molecule has 0 aliphatic carbocycles. The Kier molecular flexibility index (Phi) is 2.76. The quantitative estimate of drug-likeness (QED) is 0.472. The Bertz CT molecular complexity index is 468. The molecular weight excluding hydrogens is 208 g/mol. The summed E-state index contributed by atoms with van der Waals surface area (Å²) < 4.78 is 0. The van der Waals surface area contributed by atoms with Crippen LogP contribution in [-0.4, -0.2) is 29.0 Å². The molecule has 0 spiro atoms. The van der Waals surface area contributed by atoms with Crippen LogP contribution in [0.15, 0.2) is 29.4 Å². The molecule has 6 nitrogen and oxygen atoms in total. The van der Waals surface area contributed by atoms with Crippen LogP contribution in [0.2, 0.25) is 0 Å². The number of carbonyl (C=O) groups is 1. The largest absolute Gasteiger partial charge is 0.369 e. The third-order valence-electron chi connectivity index (χ3n) is 2.53. The van der Waals surface area contributed by atoms with Gasteiger partial charge in [0.25, 0.3) is 5.91 Å². The molecule has 1 heterocycles. The average molecular weight is 218 g/mol. The summed E-state index contributed by atoms with van der Waals surface area (Å²) >= 11 is 0. The molecule has 1 atom stereocenters. The first-order valence-corrected chi connectivity index (χ1v) is 4.84. The van der Waals surface area contributed by atoms with E-state index in [4.69, 9.17) is 5.53 Å². The van der Waals surface area contributed by atoms with E-state index < -0.39 is 6.23 Å². The summed E-state index contributed by atoms with van der Waals surface area (Å²) in [6.07, 6.45) is -0.933. The molecule has 0 aromatic heterocycles. The molecule has 1 unspecified atom stereocenters. The molecule has 1 aliphatic rings. The number of carbonyl (C=O) groups excluding carboxylic acids is 1. The van der Waals surface area contributed by atoms with E-state index in [2.05, 4.69) is 10.0 Å². The molecule has 1 aromatic carbocycles. The summed E-state index contributed by atoms with van der Waals surface area (Å²) in [5.74, 6) is -0.226. The lowest BCUT2D eigenvalue weighted by Crippen LogP contribution is -2.30. The zero-order valence-electron chi connectivity index (χ0n) is 8.45. The van der Waals surface area contributed by atoms with Crippen LogP contribution in [0.4, 0.5) is 0 Å². The SMILES string of the molecule is [N-]=[N+]=NCCN1C(=O)c2ccccc2C1O. The van der Waals surface area contributed by atoms with Gasteiger partial charge >= 0.3 is 0 Å². The van der Waals surface area contributed by atoms with Gasteiger partial charge in [-0.2, -0.15) is 0 Å². The van der Waals surface area contributed by atoms with Gasteiger partial charge in [0.05, 0.1) is 0 Å². The third kappa shape index (κ3) is 1.60. The van der Waals surface area contributed by atoms with Crippen LogP contribution in [0.5, 0.6) is 0 Å². The minimum Gasteiger partial charge on any atom is -0.369 e. The van der Waals surface area contributed by atoms with E-state index in [0.717, 1.165) is 0 Å². The second kappa shape index (κ2) is 4.22. The third-order valence-corrected chi connectivity index (χ3v) is 2.53. The van der Waals surface area contributed by atoms with Crippen molar-refractivity contribution in [1.82, 2.24) is 4.90 Å². The Hall–Kier alpha value is -2.04. The zero-order valence-corrected chi connectivity index (χ0v) is 8.45. The maximum atomic E-state index is 11.8. The van der Waals surface area contributed by atoms with Crippen LogP contribution in [0.3, 0.4) is 0 Å². The van der Waals surface area contributed by atoms with Crippen LogP contribution in [0.1, 0.15) is 22.1 Å². The van der Waals surface area contributed by atoms with Crippen molar-refractivity contribution in [3.63, 3.8) is 0 Å². The molecule has 0 fully saturated rings. The molecule has 16 heavy (non-hydrogen) atoms. The summed E-state index contributed by atoms with van der Waals surface area (Å²) in [5, 5.41) is 13.2. The van der Waals surface area contributed by atoms with Crippen LogP contribution in [0, 0.1) is 0 Å². The highest BCUT2D eigenvalue weighted by Crippen LogP contribution is 2.30. The monoisotopic (exact) mass is 218 g/mol. The van der Waals surface area contributed by atoms with Crippen molar-refractivity contribution in [1.29, 1.82) is 0 Å². The Morgan fingerprint density at radius 2 is 2.25 bits per heavy atom. The van der Waals surface area contributed by atoms with Gasteiger partial charge in [-0.1, -0.05) is 23.3 Å². The molecule has 2 rings (SSSR count). The average Bonchev–Trinajstić information content (AvgIpc) is 2.55. The van der Waals surface area contributed by atoms with E-state index in [1.807, 2.05) is 0 Å². The van der Waals surface area contributed by atoms with Gasteiger partial charge in [-0.25, -0.2) is 0 Å². The molecule has 0 radical (unpaired) electrons. The van der Waals surface area contributed by atoms with Crippen LogP contribution < -0.4 is 0 Å². The van der Waals surface area contributed by atoms with Gasteiger partial charge in [0.15, 0.2) is 6.23 Å². The predicted octanol–water partition coefficient (Wildman–Crippen LogP) is 1.44. The van der Waals surface area contributed by atoms with Gasteiger partial charge in [0.2, 0.25) is 0 Å². The summed E-state index contributed by atoms with van der Waals surface area (Å²) in [7, 11) is 0. The molecular formula is C10H10N4O2. The fourth-order valence-corrected chi connectivity index (χ4v) is 1.77. The molecule has 1 aromatic rings. The zero-order chi connectivity index (χ0) is 11.5. The lowest BCUT2D eigenvalue weighted by atomic mass is 10.1. The van der Waals surface area contributed by atoms with Gasteiger partial charge in [-0.3, -0.25) is 4.79 Å². The fraction of sp³-hybridized carbons (Fsp3) is 0.300. The van der Waals surface area contributed by atoms with E-state index in [1.54, 1.807) is 24.3 Å². The highest BCUT2D eigenvalue weighted by Gasteiger charge is 2.34. The highest BCUT2D eigenvalue weighted by atomic mass is 16.3. The van der Waals surface area contributed by atoms with Gasteiger partial charge in [-0.05, 0) is 11.6 Å². The molecule has 1 aliphatic heterocycles. The Labute approximate surface area is 91.7 Å². The topological polar surface area (TPSA) is 89.3 Å². The summed E-state index contributed by atoms with van der Waals surface area (Å²) in [5.41, 5.74) is 9.25. The highest BCUT2D eigenvalue weighted by molar-refractivity contribution is 5.98. The Balaban J connectivity index is 2.21. The first-order valence-electron chi connectivity index (χ1n) is 4.84. The number of aliphatic hydroxyl groups is 1. The van der Waals surface area contributed by atoms with E-state index in [0.29, 0.717) is 11.1 Å². The van der Waals surface area contributed by atoms with Crippen LogP contribution in [-0.2, 0) is 0 Å². The number of amides is 1. The predicted molar refractivity (Wildman–Crippen MR) is 56.5 cm³/mol.